The summed E-state index contributed by atoms with van der Waals surface area (Å²) in [5, 5.41) is 0. The molecule has 2 heteroatoms. The van der Waals surface area contributed by atoms with E-state index in [0.29, 0.717) is 5.92 Å². The summed E-state index contributed by atoms with van der Waals surface area (Å²) >= 11 is 0. The van der Waals surface area contributed by atoms with Crippen LogP contribution < -0.4 is 0 Å². The van der Waals surface area contributed by atoms with Crippen LogP contribution in [-0.2, 0) is 10.2 Å². The van der Waals surface area contributed by atoms with Gasteiger partial charge in [0.05, 0.1) is 0 Å². The van der Waals surface area contributed by atoms with E-state index in [1.165, 1.54) is 11.1 Å². The zero-order valence-corrected chi connectivity index (χ0v) is 11.6. The third-order valence-corrected chi connectivity index (χ3v) is 3.89. The Kier molecular flexibility index (Phi) is 3.74. The summed E-state index contributed by atoms with van der Waals surface area (Å²) in [4.78, 5) is 12.6. The first kappa shape index (κ1) is 13.1. The van der Waals surface area contributed by atoms with E-state index in [1.54, 1.807) is 0 Å². The molecule has 0 aromatic heterocycles. The van der Waals surface area contributed by atoms with Gasteiger partial charge in [0.25, 0.3) is 0 Å². The summed E-state index contributed by atoms with van der Waals surface area (Å²) < 4.78 is 0. The van der Waals surface area contributed by atoms with E-state index in [2.05, 4.69) is 45.0 Å². The van der Waals surface area contributed by atoms with Crippen molar-refractivity contribution in [2.75, 3.05) is 13.1 Å². The molecule has 2 nitrogen and oxygen atoms in total. The molecular weight excluding hydrogens is 222 g/mol. The van der Waals surface area contributed by atoms with Crippen LogP contribution in [0.2, 0.25) is 0 Å². The summed E-state index contributed by atoms with van der Waals surface area (Å²) in [5.74, 6) is 0.608. The van der Waals surface area contributed by atoms with Gasteiger partial charge in [0.1, 0.15) is 0 Å². The van der Waals surface area contributed by atoms with Gasteiger partial charge in [-0.3, -0.25) is 4.79 Å². The highest BCUT2D eigenvalue weighted by Crippen LogP contribution is 2.35. The quantitative estimate of drug-likeness (QED) is 0.732. The van der Waals surface area contributed by atoms with E-state index in [0.717, 1.165) is 32.3 Å². The van der Waals surface area contributed by atoms with Crippen molar-refractivity contribution in [3.05, 3.63) is 35.4 Å². The van der Waals surface area contributed by atoms with Gasteiger partial charge in [-0.15, -0.1) is 0 Å². The first-order valence-corrected chi connectivity index (χ1v) is 6.81. The van der Waals surface area contributed by atoms with E-state index in [1.807, 2.05) is 4.90 Å². The Bertz CT molecular complexity index is 411. The van der Waals surface area contributed by atoms with Gasteiger partial charge in [-0.25, -0.2) is 0 Å². The number of rotatable bonds is 2. The standard InChI is InChI=1S/C16H23NO/c1-16(2,3)15-7-5-4-6-14(15)13-8-10-17(12-18)11-9-13/h4-7,12-13H,8-11H2,1-3H3. The normalized spacial score (nSPS) is 17.8. The number of hydrogen-bond donors (Lipinski definition) is 0. The van der Waals surface area contributed by atoms with Crippen molar-refractivity contribution in [3.8, 4) is 0 Å². The second kappa shape index (κ2) is 5.13. The lowest BCUT2D eigenvalue weighted by atomic mass is 9.77. The van der Waals surface area contributed by atoms with E-state index in [9.17, 15) is 4.79 Å². The molecule has 1 heterocycles. The van der Waals surface area contributed by atoms with Crippen molar-refractivity contribution >= 4 is 6.41 Å². The fraction of sp³-hybridized carbons (Fsp3) is 0.562. The van der Waals surface area contributed by atoms with E-state index in [4.69, 9.17) is 0 Å². The zero-order chi connectivity index (χ0) is 13.2. The Morgan fingerprint density at radius 1 is 1.17 bits per heavy atom. The number of likely N-dealkylation sites (tertiary alicyclic amines) is 1. The minimum Gasteiger partial charge on any atom is -0.345 e. The maximum Gasteiger partial charge on any atom is 0.209 e. The Balaban J connectivity index is 2.22. The molecule has 0 spiro atoms. The largest absolute Gasteiger partial charge is 0.345 e. The molecule has 18 heavy (non-hydrogen) atoms. The Labute approximate surface area is 110 Å². The molecular formula is C16H23NO. The minimum atomic E-state index is 0.193. The number of carbonyl (C=O) groups is 1. The molecule has 0 atom stereocenters. The van der Waals surface area contributed by atoms with Crippen LogP contribution in [0.3, 0.4) is 0 Å². The van der Waals surface area contributed by atoms with E-state index in [-0.39, 0.29) is 5.41 Å². The fourth-order valence-electron chi connectivity index (χ4n) is 2.85. The summed E-state index contributed by atoms with van der Waals surface area (Å²) in [6.07, 6.45) is 3.16. The summed E-state index contributed by atoms with van der Waals surface area (Å²) in [5.41, 5.74) is 3.13. The molecule has 0 radical (unpaired) electrons. The molecule has 0 saturated carbocycles. The van der Waals surface area contributed by atoms with Crippen LogP contribution in [0.1, 0.15) is 50.7 Å². The van der Waals surface area contributed by atoms with Crippen molar-refractivity contribution in [1.82, 2.24) is 4.90 Å². The highest BCUT2D eigenvalue weighted by Gasteiger charge is 2.25. The molecule has 0 aliphatic carbocycles. The number of piperidine rings is 1. The van der Waals surface area contributed by atoms with Gasteiger partial charge in [0.2, 0.25) is 6.41 Å². The average molecular weight is 245 g/mol. The first-order valence-electron chi connectivity index (χ1n) is 6.81. The van der Waals surface area contributed by atoms with Crippen LogP contribution in [0.15, 0.2) is 24.3 Å². The van der Waals surface area contributed by atoms with Gasteiger partial charge in [-0.2, -0.15) is 0 Å². The topological polar surface area (TPSA) is 20.3 Å². The average Bonchev–Trinajstić information content (AvgIpc) is 2.38. The molecule has 1 saturated heterocycles. The predicted octanol–water partition coefficient (Wildman–Crippen LogP) is 3.32. The maximum absolute atomic E-state index is 10.8. The molecule has 1 aromatic carbocycles. The second-order valence-electron chi connectivity index (χ2n) is 6.25. The summed E-state index contributed by atoms with van der Waals surface area (Å²) in [7, 11) is 0. The molecule has 1 aliphatic rings. The molecule has 1 amide bonds. The van der Waals surface area contributed by atoms with Crippen LogP contribution in [0.4, 0.5) is 0 Å². The van der Waals surface area contributed by atoms with Gasteiger partial charge in [0, 0.05) is 13.1 Å². The Hall–Kier alpha value is -1.31. The van der Waals surface area contributed by atoms with Crippen molar-refractivity contribution < 1.29 is 4.79 Å². The van der Waals surface area contributed by atoms with Crippen LogP contribution in [0.5, 0.6) is 0 Å². The monoisotopic (exact) mass is 245 g/mol. The SMILES string of the molecule is CC(C)(C)c1ccccc1C1CCN(C=O)CC1. The molecule has 0 unspecified atom stereocenters. The maximum atomic E-state index is 10.8. The van der Waals surface area contributed by atoms with Gasteiger partial charge >= 0.3 is 0 Å². The van der Waals surface area contributed by atoms with Gasteiger partial charge < -0.3 is 4.90 Å². The van der Waals surface area contributed by atoms with Gasteiger partial charge in [-0.05, 0) is 35.3 Å². The lowest BCUT2D eigenvalue weighted by molar-refractivity contribution is -0.119. The molecule has 1 aliphatic heterocycles. The third-order valence-electron chi connectivity index (χ3n) is 3.89. The number of carbonyl (C=O) groups excluding carboxylic acids is 1. The van der Waals surface area contributed by atoms with Crippen LogP contribution in [0, 0.1) is 0 Å². The van der Waals surface area contributed by atoms with Crippen molar-refractivity contribution in [2.24, 2.45) is 0 Å². The highest BCUT2D eigenvalue weighted by atomic mass is 16.1. The number of hydrogen-bond acceptors (Lipinski definition) is 1. The lowest BCUT2D eigenvalue weighted by Gasteiger charge is -2.33. The Morgan fingerprint density at radius 2 is 1.78 bits per heavy atom. The first-order chi connectivity index (χ1) is 8.52. The molecule has 2 rings (SSSR count). The number of benzene rings is 1. The minimum absolute atomic E-state index is 0.193. The Morgan fingerprint density at radius 3 is 2.33 bits per heavy atom. The van der Waals surface area contributed by atoms with Crippen LogP contribution in [0.25, 0.3) is 0 Å². The second-order valence-corrected chi connectivity index (χ2v) is 6.25. The van der Waals surface area contributed by atoms with Crippen molar-refractivity contribution in [2.45, 2.75) is 44.9 Å². The number of nitrogens with zero attached hydrogens (tertiary/aromatic N) is 1. The molecule has 1 fully saturated rings. The molecule has 1 aromatic rings. The van der Waals surface area contributed by atoms with Crippen LogP contribution >= 0.6 is 0 Å². The van der Waals surface area contributed by atoms with Gasteiger partial charge in [-0.1, -0.05) is 45.0 Å². The third kappa shape index (κ3) is 2.74. The highest BCUT2D eigenvalue weighted by molar-refractivity contribution is 5.47. The summed E-state index contributed by atoms with van der Waals surface area (Å²) in [6, 6.07) is 8.78. The lowest BCUT2D eigenvalue weighted by Crippen LogP contribution is -2.32. The van der Waals surface area contributed by atoms with E-state index >= 15 is 0 Å². The smallest absolute Gasteiger partial charge is 0.209 e. The zero-order valence-electron chi connectivity index (χ0n) is 11.6. The molecule has 0 N–H and O–H groups in total. The molecule has 0 bridgehead atoms. The van der Waals surface area contributed by atoms with Crippen molar-refractivity contribution in [3.63, 3.8) is 0 Å². The molecule has 98 valence electrons. The summed E-state index contributed by atoms with van der Waals surface area (Å²) in [6.45, 7) is 8.60. The predicted molar refractivity (Wildman–Crippen MR) is 74.8 cm³/mol. The van der Waals surface area contributed by atoms with E-state index < -0.39 is 0 Å². The number of amides is 1. The van der Waals surface area contributed by atoms with Crippen LogP contribution in [-0.4, -0.2) is 24.4 Å². The fourth-order valence-corrected chi connectivity index (χ4v) is 2.85. The van der Waals surface area contributed by atoms with Crippen molar-refractivity contribution in [1.29, 1.82) is 0 Å². The van der Waals surface area contributed by atoms with Gasteiger partial charge in [0.15, 0.2) is 0 Å².